The van der Waals surface area contributed by atoms with Gasteiger partial charge >= 0.3 is 5.97 Å². The third-order valence-corrected chi connectivity index (χ3v) is 4.34. The molecule has 0 aliphatic heterocycles. The molecular formula is C11H16N4O4S. The first kappa shape index (κ1) is 16.1. The van der Waals surface area contributed by atoms with Crippen LogP contribution in [0, 0.1) is 31.1 Å². The van der Waals surface area contributed by atoms with Crippen molar-refractivity contribution in [1.29, 1.82) is 5.26 Å². The van der Waals surface area contributed by atoms with Crippen LogP contribution in [-0.2, 0) is 21.4 Å². The summed E-state index contributed by atoms with van der Waals surface area (Å²) in [5.74, 6) is -1.56. The molecule has 2 N–H and O–H groups in total. The third-order valence-electron chi connectivity index (χ3n) is 2.67. The summed E-state index contributed by atoms with van der Waals surface area (Å²) in [5.41, 5.74) is 0.475. The predicted molar refractivity (Wildman–Crippen MR) is 69.3 cm³/mol. The summed E-state index contributed by atoms with van der Waals surface area (Å²) >= 11 is 0. The second kappa shape index (κ2) is 6.02. The van der Waals surface area contributed by atoms with E-state index in [1.54, 1.807) is 6.92 Å². The largest absolute Gasteiger partial charge is 0.480 e. The van der Waals surface area contributed by atoms with Crippen LogP contribution in [0.5, 0.6) is 0 Å². The molecule has 8 nitrogen and oxygen atoms in total. The summed E-state index contributed by atoms with van der Waals surface area (Å²) < 4.78 is 27.8. The maximum Gasteiger partial charge on any atom is 0.325 e. The molecular weight excluding hydrogens is 284 g/mol. The number of nitrogens with zero attached hydrogens (tertiary/aromatic N) is 3. The quantitative estimate of drug-likeness (QED) is 0.763. The predicted octanol–water partition coefficient (Wildman–Crippen LogP) is 0.0225. The molecule has 0 saturated carbocycles. The van der Waals surface area contributed by atoms with Crippen molar-refractivity contribution in [2.24, 2.45) is 5.92 Å². The van der Waals surface area contributed by atoms with Gasteiger partial charge in [0.15, 0.2) is 0 Å². The van der Waals surface area contributed by atoms with E-state index >= 15 is 0 Å². The van der Waals surface area contributed by atoms with Gasteiger partial charge in [0.05, 0.1) is 23.4 Å². The minimum atomic E-state index is -3.82. The van der Waals surface area contributed by atoms with E-state index < -0.39 is 28.5 Å². The van der Waals surface area contributed by atoms with Gasteiger partial charge in [0.2, 0.25) is 10.0 Å². The van der Waals surface area contributed by atoms with Crippen molar-refractivity contribution < 1.29 is 18.3 Å². The van der Waals surface area contributed by atoms with Gasteiger partial charge in [0, 0.05) is 6.54 Å². The Balaban J connectivity index is 3.10. The molecule has 0 fully saturated rings. The molecule has 1 aromatic rings. The minimum Gasteiger partial charge on any atom is -0.480 e. The van der Waals surface area contributed by atoms with Crippen LogP contribution in [0.2, 0.25) is 0 Å². The molecule has 9 heteroatoms. The molecule has 0 saturated heterocycles. The highest BCUT2D eigenvalue weighted by Gasteiger charge is 2.25. The van der Waals surface area contributed by atoms with Gasteiger partial charge < -0.3 is 5.11 Å². The van der Waals surface area contributed by atoms with E-state index in [0.717, 1.165) is 4.68 Å². The Hall–Kier alpha value is -1.92. The first-order valence-electron chi connectivity index (χ1n) is 5.84. The lowest BCUT2D eigenvalue weighted by Crippen LogP contribution is -2.28. The number of carbonyl (C=O) groups is 1. The van der Waals surface area contributed by atoms with Crippen LogP contribution in [-0.4, -0.2) is 35.8 Å². The summed E-state index contributed by atoms with van der Waals surface area (Å²) in [6, 6.07) is 1.92. The number of aryl methyl sites for hydroxylation is 1. The first-order valence-corrected chi connectivity index (χ1v) is 7.32. The number of hydrogen-bond acceptors (Lipinski definition) is 5. The lowest BCUT2D eigenvalue weighted by Gasteiger charge is -2.08. The number of carboxylic acids is 1. The zero-order chi connectivity index (χ0) is 15.5. The Bertz CT molecular complexity index is 657. The fraction of sp³-hybridized carbons (Fsp3) is 0.545. The minimum absolute atomic E-state index is 0.0121. The normalized spacial score (nSPS) is 12.9. The standard InChI is InChI=1S/C11H16N4O4S/c1-7(4-12)5-13-20(18,19)11-8(2)14-15(9(11)3)6-10(16)17/h7,13H,5-6H2,1-3H3,(H,16,17). The Labute approximate surface area is 117 Å². The van der Waals surface area contributed by atoms with Crippen molar-refractivity contribution in [3.63, 3.8) is 0 Å². The van der Waals surface area contributed by atoms with E-state index in [1.165, 1.54) is 13.8 Å². The fourth-order valence-electron chi connectivity index (χ4n) is 1.70. The van der Waals surface area contributed by atoms with Crippen LogP contribution >= 0.6 is 0 Å². The van der Waals surface area contributed by atoms with E-state index in [4.69, 9.17) is 10.4 Å². The number of aromatic nitrogens is 2. The zero-order valence-electron chi connectivity index (χ0n) is 11.4. The van der Waals surface area contributed by atoms with Gasteiger partial charge in [-0.1, -0.05) is 0 Å². The Kier molecular flexibility index (Phi) is 4.86. The smallest absolute Gasteiger partial charge is 0.325 e. The number of carboxylic acid groups (broad SMARTS) is 1. The molecule has 1 rings (SSSR count). The average Bonchev–Trinajstić information content (AvgIpc) is 2.61. The van der Waals surface area contributed by atoms with Gasteiger partial charge in [-0.15, -0.1) is 0 Å². The van der Waals surface area contributed by atoms with Crippen LogP contribution in [0.3, 0.4) is 0 Å². The van der Waals surface area contributed by atoms with Crippen molar-refractivity contribution in [3.8, 4) is 6.07 Å². The van der Waals surface area contributed by atoms with Gasteiger partial charge in [-0.2, -0.15) is 10.4 Å². The van der Waals surface area contributed by atoms with Crippen LogP contribution < -0.4 is 4.72 Å². The fourth-order valence-corrected chi connectivity index (χ4v) is 3.24. The highest BCUT2D eigenvalue weighted by atomic mass is 32.2. The molecule has 1 unspecified atom stereocenters. The summed E-state index contributed by atoms with van der Waals surface area (Å²) in [7, 11) is -3.82. The third kappa shape index (κ3) is 3.55. The topological polar surface area (TPSA) is 125 Å². The number of rotatable bonds is 6. The van der Waals surface area contributed by atoms with Gasteiger partial charge in [-0.25, -0.2) is 13.1 Å². The Morgan fingerprint density at radius 3 is 2.65 bits per heavy atom. The summed E-state index contributed by atoms with van der Waals surface area (Å²) in [5, 5.41) is 21.3. The number of sulfonamides is 1. The van der Waals surface area contributed by atoms with Crippen LogP contribution in [0.1, 0.15) is 18.3 Å². The molecule has 0 aliphatic carbocycles. The maximum absolute atomic E-state index is 12.2. The average molecular weight is 300 g/mol. The first-order chi connectivity index (χ1) is 9.19. The number of nitrogens with one attached hydrogen (secondary N) is 1. The molecule has 0 aromatic carbocycles. The van der Waals surface area contributed by atoms with E-state index in [1.807, 2.05) is 6.07 Å². The van der Waals surface area contributed by atoms with E-state index in [-0.39, 0.29) is 22.8 Å². The maximum atomic E-state index is 12.2. The van der Waals surface area contributed by atoms with Crippen LogP contribution in [0.15, 0.2) is 4.90 Å². The summed E-state index contributed by atoms with van der Waals surface area (Å²) in [4.78, 5) is 10.6. The van der Waals surface area contributed by atoms with Gasteiger partial charge in [0.25, 0.3) is 0 Å². The van der Waals surface area contributed by atoms with Gasteiger partial charge in [-0.05, 0) is 20.8 Å². The van der Waals surface area contributed by atoms with E-state index in [2.05, 4.69) is 9.82 Å². The monoisotopic (exact) mass is 300 g/mol. The molecule has 0 amide bonds. The second-order valence-corrected chi connectivity index (χ2v) is 6.14. The lowest BCUT2D eigenvalue weighted by atomic mass is 10.2. The number of hydrogen-bond donors (Lipinski definition) is 2. The number of aliphatic carboxylic acids is 1. The number of nitriles is 1. The van der Waals surface area contributed by atoms with E-state index in [9.17, 15) is 13.2 Å². The highest BCUT2D eigenvalue weighted by molar-refractivity contribution is 7.89. The summed E-state index contributed by atoms with van der Waals surface area (Å²) in [6.07, 6.45) is 0. The molecule has 1 aromatic heterocycles. The Morgan fingerprint density at radius 2 is 2.15 bits per heavy atom. The Morgan fingerprint density at radius 1 is 1.55 bits per heavy atom. The highest BCUT2D eigenvalue weighted by Crippen LogP contribution is 2.19. The summed E-state index contributed by atoms with van der Waals surface area (Å²) in [6.45, 7) is 4.16. The molecule has 0 radical (unpaired) electrons. The molecule has 0 aliphatic rings. The molecule has 0 bridgehead atoms. The SMILES string of the molecule is Cc1nn(CC(=O)O)c(C)c1S(=O)(=O)NCC(C)C#N. The van der Waals surface area contributed by atoms with Gasteiger partial charge in [-0.3, -0.25) is 9.48 Å². The molecule has 1 atom stereocenters. The van der Waals surface area contributed by atoms with Crippen molar-refractivity contribution in [1.82, 2.24) is 14.5 Å². The van der Waals surface area contributed by atoms with Crippen molar-refractivity contribution >= 4 is 16.0 Å². The molecule has 20 heavy (non-hydrogen) atoms. The second-order valence-electron chi connectivity index (χ2n) is 4.43. The van der Waals surface area contributed by atoms with Crippen LogP contribution in [0.25, 0.3) is 0 Å². The lowest BCUT2D eigenvalue weighted by molar-refractivity contribution is -0.137. The van der Waals surface area contributed by atoms with Gasteiger partial charge in [0.1, 0.15) is 11.4 Å². The van der Waals surface area contributed by atoms with E-state index in [0.29, 0.717) is 0 Å². The van der Waals surface area contributed by atoms with Crippen molar-refractivity contribution in [3.05, 3.63) is 11.4 Å². The van der Waals surface area contributed by atoms with Crippen LogP contribution in [0.4, 0.5) is 0 Å². The van der Waals surface area contributed by atoms with Crippen molar-refractivity contribution in [2.45, 2.75) is 32.2 Å². The van der Waals surface area contributed by atoms with Crippen molar-refractivity contribution in [2.75, 3.05) is 6.54 Å². The zero-order valence-corrected chi connectivity index (χ0v) is 12.2. The molecule has 110 valence electrons. The molecule has 1 heterocycles. The molecule has 0 spiro atoms.